The molecule has 0 aliphatic heterocycles. The van der Waals surface area contributed by atoms with Gasteiger partial charge in [0.05, 0.1) is 12.8 Å². The largest absolute Gasteiger partial charge is 0.480 e. The van der Waals surface area contributed by atoms with Crippen molar-refractivity contribution < 1.29 is 24.2 Å². The Kier molecular flexibility index (Phi) is 10.9. The maximum atomic E-state index is 11.9. The summed E-state index contributed by atoms with van der Waals surface area (Å²) in [5.74, 6) is -1.11. The summed E-state index contributed by atoms with van der Waals surface area (Å²) in [5, 5.41) is 15.0. The molecule has 0 aliphatic rings. The summed E-state index contributed by atoms with van der Waals surface area (Å²) < 4.78 is 10.3. The number of ether oxygens (including phenoxy) is 2. The fraction of sp³-hybridized carbons (Fsp3) is 0.778. The number of carboxylic acids is 1. The molecule has 152 valence electrons. The highest BCUT2D eigenvalue weighted by Crippen LogP contribution is 2.07. The molecule has 0 saturated heterocycles. The quantitative estimate of drug-likeness (QED) is 0.451. The molecule has 0 aromatic carbocycles. The van der Waals surface area contributed by atoms with E-state index in [1.165, 1.54) is 0 Å². The van der Waals surface area contributed by atoms with Crippen molar-refractivity contribution in [2.75, 3.05) is 26.9 Å². The highest BCUT2D eigenvalue weighted by Gasteiger charge is 2.26. The SMILES string of the molecule is C=C(NCN(CCCC)C[C@H](NC(=O)OC(C)(C)C)C(=O)O)[C@H](C)OC. The highest BCUT2D eigenvalue weighted by atomic mass is 16.6. The number of carbonyl (C=O) groups excluding carboxylic acids is 1. The maximum absolute atomic E-state index is 11.9. The summed E-state index contributed by atoms with van der Waals surface area (Å²) in [6, 6.07) is -1.07. The minimum atomic E-state index is -1.11. The van der Waals surface area contributed by atoms with Crippen molar-refractivity contribution in [2.24, 2.45) is 0 Å². The van der Waals surface area contributed by atoms with Crippen molar-refractivity contribution in [3.63, 3.8) is 0 Å². The van der Waals surface area contributed by atoms with Gasteiger partial charge in [0.1, 0.15) is 11.6 Å². The average molecular weight is 373 g/mol. The molecule has 0 aromatic heterocycles. The standard InChI is InChI=1S/C18H35N3O5/c1-8-9-10-21(12-19-13(2)14(3)25-7)11-15(16(22)23)20-17(24)26-18(4,5)6/h14-15,19H,2,8-12H2,1,3-7H3,(H,20,24)(H,22,23)/t14-,15-/m0/s1. The van der Waals surface area contributed by atoms with Crippen LogP contribution in [-0.2, 0) is 14.3 Å². The van der Waals surface area contributed by atoms with Gasteiger partial charge in [-0.2, -0.15) is 0 Å². The van der Waals surface area contributed by atoms with Crippen LogP contribution < -0.4 is 10.6 Å². The molecule has 0 spiro atoms. The van der Waals surface area contributed by atoms with Gasteiger partial charge in [-0.05, 0) is 40.7 Å². The van der Waals surface area contributed by atoms with Gasteiger partial charge < -0.3 is 25.2 Å². The Labute approximate surface area is 156 Å². The van der Waals surface area contributed by atoms with Crippen molar-refractivity contribution in [1.29, 1.82) is 0 Å². The van der Waals surface area contributed by atoms with Crippen LogP contribution in [0.3, 0.4) is 0 Å². The van der Waals surface area contributed by atoms with Crippen molar-refractivity contribution >= 4 is 12.1 Å². The summed E-state index contributed by atoms with van der Waals surface area (Å²) in [4.78, 5) is 25.4. The zero-order valence-corrected chi connectivity index (χ0v) is 16.9. The molecule has 0 saturated carbocycles. The van der Waals surface area contributed by atoms with Gasteiger partial charge in [0, 0.05) is 19.4 Å². The van der Waals surface area contributed by atoms with Gasteiger partial charge in [-0.25, -0.2) is 9.59 Å². The Balaban J connectivity index is 4.85. The molecule has 2 atom stereocenters. The molecule has 0 radical (unpaired) electrons. The normalized spacial score (nSPS) is 13.8. The lowest BCUT2D eigenvalue weighted by molar-refractivity contribution is -0.140. The fourth-order valence-electron chi connectivity index (χ4n) is 2.01. The molecule has 0 bridgehead atoms. The predicted molar refractivity (Wildman–Crippen MR) is 101 cm³/mol. The second kappa shape index (κ2) is 11.7. The minimum Gasteiger partial charge on any atom is -0.480 e. The van der Waals surface area contributed by atoms with E-state index in [2.05, 4.69) is 24.1 Å². The van der Waals surface area contributed by atoms with Crippen molar-refractivity contribution in [3.8, 4) is 0 Å². The number of hydrogen-bond acceptors (Lipinski definition) is 6. The number of unbranched alkanes of at least 4 members (excludes halogenated alkanes) is 1. The Morgan fingerprint density at radius 1 is 1.31 bits per heavy atom. The van der Waals surface area contributed by atoms with Crippen LogP contribution in [0, 0.1) is 0 Å². The third-order valence-corrected chi connectivity index (χ3v) is 3.63. The summed E-state index contributed by atoms with van der Waals surface area (Å²) in [7, 11) is 1.59. The number of carboxylic acid groups (broad SMARTS) is 1. The first-order valence-corrected chi connectivity index (χ1v) is 8.90. The third-order valence-electron chi connectivity index (χ3n) is 3.63. The molecule has 1 amide bonds. The number of amides is 1. The summed E-state index contributed by atoms with van der Waals surface area (Å²) in [5.41, 5.74) is 0.0194. The fourth-order valence-corrected chi connectivity index (χ4v) is 2.01. The van der Waals surface area contributed by atoms with Crippen LogP contribution >= 0.6 is 0 Å². The van der Waals surface area contributed by atoms with E-state index in [9.17, 15) is 14.7 Å². The molecule has 0 rings (SSSR count). The first kappa shape index (κ1) is 24.2. The number of nitrogens with one attached hydrogen (secondary N) is 2. The highest BCUT2D eigenvalue weighted by molar-refractivity contribution is 5.80. The van der Waals surface area contributed by atoms with E-state index in [0.29, 0.717) is 18.9 Å². The maximum Gasteiger partial charge on any atom is 0.408 e. The molecular weight excluding hydrogens is 338 g/mol. The van der Waals surface area contributed by atoms with E-state index in [-0.39, 0.29) is 12.6 Å². The average Bonchev–Trinajstić information content (AvgIpc) is 2.53. The van der Waals surface area contributed by atoms with Gasteiger partial charge in [0.2, 0.25) is 0 Å². The Morgan fingerprint density at radius 2 is 1.92 bits per heavy atom. The third kappa shape index (κ3) is 10.9. The lowest BCUT2D eigenvalue weighted by Crippen LogP contribution is -2.51. The Morgan fingerprint density at radius 3 is 2.38 bits per heavy atom. The molecule has 0 aromatic rings. The van der Waals surface area contributed by atoms with Crippen molar-refractivity contribution in [3.05, 3.63) is 12.3 Å². The predicted octanol–water partition coefficient (Wildman–Crippen LogP) is 2.16. The van der Waals surface area contributed by atoms with E-state index in [1.54, 1.807) is 27.9 Å². The molecule has 3 N–H and O–H groups in total. The topological polar surface area (TPSA) is 100 Å². The summed E-state index contributed by atoms with van der Waals surface area (Å²) in [6.07, 6.45) is 0.986. The van der Waals surface area contributed by atoms with Crippen molar-refractivity contribution in [2.45, 2.75) is 65.2 Å². The number of nitrogens with zero attached hydrogens (tertiary/aromatic N) is 1. The van der Waals surface area contributed by atoms with Gasteiger partial charge in [0.15, 0.2) is 0 Å². The zero-order chi connectivity index (χ0) is 20.3. The van der Waals surface area contributed by atoms with Gasteiger partial charge in [-0.1, -0.05) is 19.9 Å². The van der Waals surface area contributed by atoms with Crippen LogP contribution in [0.2, 0.25) is 0 Å². The van der Waals surface area contributed by atoms with Crippen molar-refractivity contribution in [1.82, 2.24) is 15.5 Å². The van der Waals surface area contributed by atoms with Gasteiger partial charge in [0.25, 0.3) is 0 Å². The molecular formula is C18H35N3O5. The minimum absolute atomic E-state index is 0.149. The zero-order valence-electron chi connectivity index (χ0n) is 16.9. The van der Waals surface area contributed by atoms with E-state index in [4.69, 9.17) is 9.47 Å². The lowest BCUT2D eigenvalue weighted by Gasteiger charge is -2.28. The lowest BCUT2D eigenvalue weighted by atomic mass is 10.2. The van der Waals surface area contributed by atoms with Gasteiger partial charge in [-0.3, -0.25) is 4.90 Å². The number of methoxy groups -OCH3 is 1. The van der Waals surface area contributed by atoms with Crippen LogP contribution in [0.4, 0.5) is 4.79 Å². The molecule has 8 heteroatoms. The Hall–Kier alpha value is -1.80. The first-order chi connectivity index (χ1) is 12.0. The van der Waals surface area contributed by atoms with Gasteiger partial charge in [-0.15, -0.1) is 0 Å². The van der Waals surface area contributed by atoms with Crippen LogP contribution in [0.15, 0.2) is 12.3 Å². The number of alkyl carbamates (subject to hydrolysis) is 1. The monoisotopic (exact) mass is 373 g/mol. The molecule has 8 nitrogen and oxygen atoms in total. The molecule has 0 fully saturated rings. The van der Waals surface area contributed by atoms with E-state index in [0.717, 1.165) is 12.8 Å². The van der Waals surface area contributed by atoms with Crippen LogP contribution in [0.5, 0.6) is 0 Å². The number of aliphatic carboxylic acids is 1. The molecule has 0 aliphatic carbocycles. The number of hydrogen-bond donors (Lipinski definition) is 3. The van der Waals surface area contributed by atoms with E-state index < -0.39 is 23.7 Å². The summed E-state index contributed by atoms with van der Waals surface area (Å²) in [6.45, 7) is 14.3. The van der Waals surface area contributed by atoms with Crippen LogP contribution in [0.1, 0.15) is 47.5 Å². The smallest absolute Gasteiger partial charge is 0.408 e. The van der Waals surface area contributed by atoms with Gasteiger partial charge >= 0.3 is 12.1 Å². The second-order valence-corrected chi connectivity index (χ2v) is 7.21. The second-order valence-electron chi connectivity index (χ2n) is 7.21. The number of carbonyl (C=O) groups is 2. The van der Waals surface area contributed by atoms with E-state index >= 15 is 0 Å². The Bertz CT molecular complexity index is 462. The molecule has 0 unspecified atom stereocenters. The summed E-state index contributed by atoms with van der Waals surface area (Å²) >= 11 is 0. The van der Waals surface area contributed by atoms with Crippen LogP contribution in [0.25, 0.3) is 0 Å². The molecule has 26 heavy (non-hydrogen) atoms. The first-order valence-electron chi connectivity index (χ1n) is 8.90. The molecule has 0 heterocycles. The van der Waals surface area contributed by atoms with E-state index in [1.807, 2.05) is 11.8 Å². The number of rotatable bonds is 12. The van der Waals surface area contributed by atoms with Crippen LogP contribution in [-0.4, -0.2) is 66.7 Å².